The zero-order chi connectivity index (χ0) is 20.5. The largest absolute Gasteiger partial charge is 0.417 e. The van der Waals surface area contributed by atoms with Crippen LogP contribution in [-0.2, 0) is 11.0 Å². The number of anilines is 2. The number of amides is 1. The molecule has 0 spiro atoms. The van der Waals surface area contributed by atoms with Crippen LogP contribution < -0.4 is 10.2 Å². The molecule has 0 saturated carbocycles. The topological polar surface area (TPSA) is 45.2 Å². The fraction of sp³-hybridized carbons (Fsp3) is 0.333. The average Bonchev–Trinajstić information content (AvgIpc) is 2.63. The zero-order valence-electron chi connectivity index (χ0n) is 14.4. The Hall–Kier alpha value is -1.87. The van der Waals surface area contributed by atoms with Gasteiger partial charge in [0.1, 0.15) is 11.6 Å². The lowest BCUT2D eigenvalue weighted by atomic mass is 9.95. The quantitative estimate of drug-likeness (QED) is 0.589. The first kappa shape index (κ1) is 20.9. The van der Waals surface area contributed by atoms with Gasteiger partial charge in [0.05, 0.1) is 16.3 Å². The summed E-state index contributed by atoms with van der Waals surface area (Å²) in [5.74, 6) is -0.923. The molecule has 1 saturated heterocycles. The van der Waals surface area contributed by atoms with Crippen molar-refractivity contribution < 1.29 is 22.4 Å². The van der Waals surface area contributed by atoms with E-state index in [9.17, 15) is 22.4 Å². The Morgan fingerprint density at radius 3 is 2.50 bits per heavy atom. The number of carbonyl (C=O) groups excluding carboxylic acids is 1. The summed E-state index contributed by atoms with van der Waals surface area (Å²) in [4.78, 5) is 18.0. The molecule has 1 aromatic heterocycles. The number of nitrogens with zero attached hydrogens (tertiary/aromatic N) is 2. The van der Waals surface area contributed by atoms with Crippen molar-refractivity contribution in [1.82, 2.24) is 4.98 Å². The minimum Gasteiger partial charge on any atom is -0.355 e. The van der Waals surface area contributed by atoms with Crippen molar-refractivity contribution in [3.8, 4) is 0 Å². The van der Waals surface area contributed by atoms with Gasteiger partial charge in [0.15, 0.2) is 0 Å². The molecule has 2 heterocycles. The third-order valence-corrected chi connectivity index (χ3v) is 5.27. The minimum absolute atomic E-state index is 0.0883. The van der Waals surface area contributed by atoms with Crippen LogP contribution in [0.15, 0.2) is 34.9 Å². The van der Waals surface area contributed by atoms with Crippen molar-refractivity contribution >= 4 is 44.9 Å². The summed E-state index contributed by atoms with van der Waals surface area (Å²) in [6, 6.07) is 5.20. The van der Waals surface area contributed by atoms with Crippen LogP contribution in [0, 0.1) is 11.7 Å². The molecule has 0 radical (unpaired) electrons. The van der Waals surface area contributed by atoms with Crippen molar-refractivity contribution in [3.63, 3.8) is 0 Å². The minimum atomic E-state index is -4.51. The standard InChI is InChI=1S/C18H15BrClF4N3O/c19-12-1-2-15(14(21)8-12)26-17(28)10-3-5-27(6-4-10)16-13(20)7-11(9-25-16)18(22,23)24/h1-2,7-10H,3-6H2,(H,26,28). The van der Waals surface area contributed by atoms with E-state index in [1.165, 1.54) is 12.1 Å². The van der Waals surface area contributed by atoms with Crippen LogP contribution in [0.5, 0.6) is 0 Å². The SMILES string of the molecule is O=C(Nc1ccc(Br)cc1F)C1CCN(c2ncc(C(F)(F)F)cc2Cl)CC1. The first-order valence-electron chi connectivity index (χ1n) is 8.39. The van der Waals surface area contributed by atoms with Gasteiger partial charge in [0.2, 0.25) is 5.91 Å². The van der Waals surface area contributed by atoms with Crippen LogP contribution >= 0.6 is 27.5 Å². The number of carbonyl (C=O) groups is 1. The molecule has 28 heavy (non-hydrogen) atoms. The molecule has 10 heteroatoms. The Morgan fingerprint density at radius 2 is 1.93 bits per heavy atom. The van der Waals surface area contributed by atoms with E-state index < -0.39 is 17.6 Å². The number of hydrogen-bond donors (Lipinski definition) is 1. The summed E-state index contributed by atoms with van der Waals surface area (Å²) in [5, 5.41) is 2.49. The molecule has 1 aromatic carbocycles. The summed E-state index contributed by atoms with van der Waals surface area (Å²) < 4.78 is 52.6. The number of aromatic nitrogens is 1. The number of benzene rings is 1. The van der Waals surface area contributed by atoms with E-state index in [1.54, 1.807) is 11.0 Å². The molecule has 1 N–H and O–H groups in total. The molecular weight excluding hydrogens is 466 g/mol. The lowest BCUT2D eigenvalue weighted by Crippen LogP contribution is -2.38. The second kappa shape index (κ2) is 8.24. The first-order chi connectivity index (χ1) is 13.1. The number of halogens is 6. The molecule has 4 nitrogen and oxygen atoms in total. The van der Waals surface area contributed by atoms with Crippen molar-refractivity contribution in [1.29, 1.82) is 0 Å². The van der Waals surface area contributed by atoms with Gasteiger partial charge in [-0.2, -0.15) is 13.2 Å². The summed E-state index contributed by atoms with van der Waals surface area (Å²) in [6.45, 7) is 0.804. The third-order valence-electron chi connectivity index (χ3n) is 4.50. The number of rotatable bonds is 3. The van der Waals surface area contributed by atoms with Gasteiger partial charge < -0.3 is 10.2 Å². The average molecular weight is 481 g/mol. The number of pyridine rings is 1. The van der Waals surface area contributed by atoms with Crippen LogP contribution in [0.25, 0.3) is 0 Å². The molecule has 1 fully saturated rings. The lowest BCUT2D eigenvalue weighted by Gasteiger charge is -2.32. The predicted octanol–water partition coefficient (Wildman–Crippen LogP) is 5.51. The van der Waals surface area contributed by atoms with Crippen LogP contribution in [-0.4, -0.2) is 24.0 Å². The predicted molar refractivity (Wildman–Crippen MR) is 102 cm³/mol. The number of nitrogens with one attached hydrogen (secondary N) is 1. The number of alkyl halides is 3. The van der Waals surface area contributed by atoms with Gasteiger partial charge in [-0.05, 0) is 37.1 Å². The Balaban J connectivity index is 1.62. The van der Waals surface area contributed by atoms with E-state index in [-0.39, 0.29) is 28.4 Å². The van der Waals surface area contributed by atoms with Crippen LogP contribution in [0.2, 0.25) is 5.02 Å². The summed E-state index contributed by atoms with van der Waals surface area (Å²) in [7, 11) is 0. The summed E-state index contributed by atoms with van der Waals surface area (Å²) >= 11 is 9.13. The Kier molecular flexibility index (Phi) is 6.14. The molecule has 1 aliphatic heterocycles. The van der Waals surface area contributed by atoms with Gasteiger partial charge in [-0.15, -0.1) is 0 Å². The van der Waals surface area contributed by atoms with Crippen molar-refractivity contribution in [2.24, 2.45) is 5.92 Å². The van der Waals surface area contributed by atoms with Gasteiger partial charge in [0, 0.05) is 29.7 Å². The van der Waals surface area contributed by atoms with Gasteiger partial charge in [-0.25, -0.2) is 9.37 Å². The maximum atomic E-state index is 13.9. The van der Waals surface area contributed by atoms with Crippen molar-refractivity contribution in [3.05, 3.63) is 51.3 Å². The lowest BCUT2D eigenvalue weighted by molar-refractivity contribution is -0.137. The van der Waals surface area contributed by atoms with E-state index in [0.29, 0.717) is 30.4 Å². The maximum absolute atomic E-state index is 13.9. The van der Waals surface area contributed by atoms with Crippen LogP contribution in [0.3, 0.4) is 0 Å². The highest BCUT2D eigenvalue weighted by Gasteiger charge is 2.33. The molecule has 0 aliphatic carbocycles. The van der Waals surface area contributed by atoms with E-state index in [2.05, 4.69) is 26.2 Å². The highest BCUT2D eigenvalue weighted by atomic mass is 79.9. The van der Waals surface area contributed by atoms with Gasteiger partial charge in [-0.1, -0.05) is 27.5 Å². The van der Waals surface area contributed by atoms with Crippen LogP contribution in [0.4, 0.5) is 29.1 Å². The molecule has 2 aromatic rings. The second-order valence-corrected chi connectivity index (χ2v) is 7.72. The Bertz CT molecular complexity index is 886. The summed E-state index contributed by atoms with van der Waals surface area (Å²) in [6.07, 6.45) is -2.87. The van der Waals surface area contributed by atoms with Crippen LogP contribution in [0.1, 0.15) is 18.4 Å². The molecule has 3 rings (SSSR count). The molecule has 0 bridgehead atoms. The van der Waals surface area contributed by atoms with Crippen molar-refractivity contribution in [2.45, 2.75) is 19.0 Å². The van der Waals surface area contributed by atoms with E-state index in [1.807, 2.05) is 0 Å². The molecular formula is C18H15BrClF4N3O. The fourth-order valence-electron chi connectivity index (χ4n) is 3.00. The van der Waals surface area contributed by atoms with Crippen molar-refractivity contribution in [2.75, 3.05) is 23.3 Å². The first-order valence-corrected chi connectivity index (χ1v) is 9.56. The molecule has 1 aliphatic rings. The highest BCUT2D eigenvalue weighted by molar-refractivity contribution is 9.10. The normalized spacial score (nSPS) is 15.6. The second-order valence-electron chi connectivity index (χ2n) is 6.40. The van der Waals surface area contributed by atoms with Gasteiger partial charge in [-0.3, -0.25) is 4.79 Å². The monoisotopic (exact) mass is 479 g/mol. The Morgan fingerprint density at radius 1 is 1.25 bits per heavy atom. The van der Waals surface area contributed by atoms with E-state index in [4.69, 9.17) is 11.6 Å². The number of piperidine rings is 1. The third kappa shape index (κ3) is 4.75. The van der Waals surface area contributed by atoms with E-state index >= 15 is 0 Å². The van der Waals surface area contributed by atoms with E-state index in [0.717, 1.165) is 12.3 Å². The molecule has 150 valence electrons. The Labute approximate surface area is 172 Å². The summed E-state index contributed by atoms with van der Waals surface area (Å²) in [5.41, 5.74) is -0.810. The number of hydrogen-bond acceptors (Lipinski definition) is 3. The van der Waals surface area contributed by atoms with Gasteiger partial charge in [0.25, 0.3) is 0 Å². The highest BCUT2D eigenvalue weighted by Crippen LogP contribution is 2.34. The van der Waals surface area contributed by atoms with Gasteiger partial charge >= 0.3 is 6.18 Å². The molecule has 0 atom stereocenters. The fourth-order valence-corrected chi connectivity index (χ4v) is 3.62. The smallest absolute Gasteiger partial charge is 0.355 e. The molecule has 1 amide bonds. The molecule has 0 unspecified atom stereocenters. The zero-order valence-corrected chi connectivity index (χ0v) is 16.7. The maximum Gasteiger partial charge on any atom is 0.417 e.